The van der Waals surface area contributed by atoms with Gasteiger partial charge in [-0.1, -0.05) is 6.92 Å². The third-order valence-electron chi connectivity index (χ3n) is 2.92. The van der Waals surface area contributed by atoms with Crippen LogP contribution in [0.4, 0.5) is 0 Å². The maximum Gasteiger partial charge on any atom is 0.123 e. The predicted molar refractivity (Wildman–Crippen MR) is 65.1 cm³/mol. The van der Waals surface area contributed by atoms with Gasteiger partial charge in [-0.05, 0) is 30.8 Å². The van der Waals surface area contributed by atoms with E-state index in [9.17, 15) is 0 Å². The molecule has 1 aromatic rings. The molecule has 0 spiro atoms. The summed E-state index contributed by atoms with van der Waals surface area (Å²) in [6.07, 6.45) is 7.41. The van der Waals surface area contributed by atoms with E-state index in [0.29, 0.717) is 12.1 Å². The van der Waals surface area contributed by atoms with Crippen LogP contribution in [0.25, 0.3) is 0 Å². The Morgan fingerprint density at radius 1 is 1.60 bits per heavy atom. The van der Waals surface area contributed by atoms with Crippen molar-refractivity contribution in [3.63, 3.8) is 0 Å². The van der Waals surface area contributed by atoms with Gasteiger partial charge in [0.25, 0.3) is 0 Å². The summed E-state index contributed by atoms with van der Waals surface area (Å²) in [5, 5.41) is 3.70. The summed E-state index contributed by atoms with van der Waals surface area (Å²) >= 11 is 2.07. The molecule has 1 unspecified atom stereocenters. The maximum absolute atomic E-state index is 4.33. The summed E-state index contributed by atoms with van der Waals surface area (Å²) in [6.45, 7) is 2.21. The van der Waals surface area contributed by atoms with E-state index in [1.54, 1.807) is 0 Å². The highest BCUT2D eigenvalue weighted by atomic mass is 32.2. The molecule has 1 saturated heterocycles. The van der Waals surface area contributed by atoms with Crippen LogP contribution in [0.15, 0.2) is 12.4 Å². The molecule has 2 rings (SSSR count). The molecule has 1 fully saturated rings. The van der Waals surface area contributed by atoms with Crippen LogP contribution in [-0.2, 0) is 0 Å². The molecule has 0 saturated carbocycles. The van der Waals surface area contributed by atoms with Crippen molar-refractivity contribution in [2.45, 2.75) is 38.3 Å². The minimum Gasteiger partial charge on any atom is -0.347 e. The summed E-state index contributed by atoms with van der Waals surface area (Å²) in [6, 6.07) is 1.08. The molecule has 1 aliphatic rings. The third kappa shape index (κ3) is 2.98. The second-order valence-corrected chi connectivity index (χ2v) is 5.21. The minimum absolute atomic E-state index is 0.396. The highest BCUT2D eigenvalue weighted by molar-refractivity contribution is 7.99. The van der Waals surface area contributed by atoms with Crippen molar-refractivity contribution in [3.8, 4) is 0 Å². The van der Waals surface area contributed by atoms with Gasteiger partial charge in [0.15, 0.2) is 0 Å². The normalized spacial score (nSPS) is 20.3. The Kier molecular flexibility index (Phi) is 4.09. The molecule has 1 aromatic heterocycles. The van der Waals surface area contributed by atoms with Crippen molar-refractivity contribution in [3.05, 3.63) is 18.2 Å². The van der Waals surface area contributed by atoms with Gasteiger partial charge in [-0.25, -0.2) is 4.98 Å². The molecule has 3 nitrogen and oxygen atoms in total. The SMILES string of the molecule is CCC(NC1CCSCC1)c1ncc[nH]1. The molecule has 15 heavy (non-hydrogen) atoms. The number of rotatable bonds is 4. The fourth-order valence-corrected chi connectivity index (χ4v) is 3.11. The molecule has 0 bridgehead atoms. The van der Waals surface area contributed by atoms with E-state index >= 15 is 0 Å². The van der Waals surface area contributed by atoms with Gasteiger partial charge in [-0.15, -0.1) is 0 Å². The van der Waals surface area contributed by atoms with Gasteiger partial charge in [0.2, 0.25) is 0 Å². The first-order valence-electron chi connectivity index (χ1n) is 5.73. The van der Waals surface area contributed by atoms with Crippen LogP contribution in [0.1, 0.15) is 38.1 Å². The highest BCUT2D eigenvalue weighted by Gasteiger charge is 2.19. The van der Waals surface area contributed by atoms with Crippen molar-refractivity contribution >= 4 is 11.8 Å². The van der Waals surface area contributed by atoms with Crippen LogP contribution >= 0.6 is 11.8 Å². The van der Waals surface area contributed by atoms with E-state index in [4.69, 9.17) is 0 Å². The van der Waals surface area contributed by atoms with Gasteiger partial charge < -0.3 is 10.3 Å². The predicted octanol–water partition coefficient (Wildman–Crippen LogP) is 2.35. The topological polar surface area (TPSA) is 40.7 Å². The Hall–Kier alpha value is -0.480. The van der Waals surface area contributed by atoms with E-state index in [1.807, 2.05) is 12.4 Å². The van der Waals surface area contributed by atoms with Crippen LogP contribution in [0.5, 0.6) is 0 Å². The molecular formula is C11H19N3S. The van der Waals surface area contributed by atoms with Crippen molar-refractivity contribution in [2.75, 3.05) is 11.5 Å². The Morgan fingerprint density at radius 2 is 2.40 bits per heavy atom. The Balaban J connectivity index is 1.90. The Morgan fingerprint density at radius 3 is 3.00 bits per heavy atom. The van der Waals surface area contributed by atoms with E-state index in [-0.39, 0.29) is 0 Å². The smallest absolute Gasteiger partial charge is 0.123 e. The van der Waals surface area contributed by atoms with Crippen molar-refractivity contribution in [1.29, 1.82) is 0 Å². The van der Waals surface area contributed by atoms with Gasteiger partial charge >= 0.3 is 0 Å². The number of aromatic amines is 1. The van der Waals surface area contributed by atoms with Crippen LogP contribution in [0.3, 0.4) is 0 Å². The van der Waals surface area contributed by atoms with Crippen LogP contribution in [0, 0.1) is 0 Å². The summed E-state index contributed by atoms with van der Waals surface area (Å²) < 4.78 is 0. The zero-order valence-corrected chi connectivity index (χ0v) is 10.0. The monoisotopic (exact) mass is 225 g/mol. The molecule has 0 amide bonds. The van der Waals surface area contributed by atoms with Gasteiger partial charge in [0, 0.05) is 18.4 Å². The number of H-pyrrole nitrogens is 1. The lowest BCUT2D eigenvalue weighted by Crippen LogP contribution is -2.35. The average molecular weight is 225 g/mol. The number of aromatic nitrogens is 2. The molecule has 2 N–H and O–H groups in total. The first-order chi connectivity index (χ1) is 7.40. The molecule has 2 heterocycles. The van der Waals surface area contributed by atoms with E-state index in [0.717, 1.165) is 12.2 Å². The lowest BCUT2D eigenvalue weighted by atomic mass is 10.1. The quantitative estimate of drug-likeness (QED) is 0.826. The van der Waals surface area contributed by atoms with Gasteiger partial charge in [0.05, 0.1) is 6.04 Å². The van der Waals surface area contributed by atoms with Gasteiger partial charge in [-0.2, -0.15) is 11.8 Å². The summed E-state index contributed by atoms with van der Waals surface area (Å²) in [5.74, 6) is 3.68. The lowest BCUT2D eigenvalue weighted by molar-refractivity contribution is 0.395. The molecular weight excluding hydrogens is 206 g/mol. The Labute approximate surface area is 95.4 Å². The minimum atomic E-state index is 0.396. The second-order valence-electron chi connectivity index (χ2n) is 3.99. The van der Waals surface area contributed by atoms with Crippen LogP contribution in [-0.4, -0.2) is 27.5 Å². The van der Waals surface area contributed by atoms with Gasteiger partial charge in [0.1, 0.15) is 5.82 Å². The largest absolute Gasteiger partial charge is 0.347 e. The number of nitrogens with zero attached hydrogens (tertiary/aromatic N) is 1. The number of hydrogen-bond acceptors (Lipinski definition) is 3. The zero-order valence-electron chi connectivity index (χ0n) is 9.20. The summed E-state index contributed by atoms with van der Waals surface area (Å²) in [7, 11) is 0. The van der Waals surface area contributed by atoms with E-state index in [2.05, 4.69) is 34.0 Å². The first-order valence-corrected chi connectivity index (χ1v) is 6.88. The van der Waals surface area contributed by atoms with E-state index in [1.165, 1.54) is 24.3 Å². The molecule has 0 aromatic carbocycles. The first kappa shape index (κ1) is 11.0. The summed E-state index contributed by atoms with van der Waals surface area (Å²) in [4.78, 5) is 7.53. The van der Waals surface area contributed by atoms with Crippen molar-refractivity contribution in [2.24, 2.45) is 0 Å². The fourth-order valence-electron chi connectivity index (χ4n) is 2.01. The molecule has 1 atom stereocenters. The Bertz CT molecular complexity index is 267. The van der Waals surface area contributed by atoms with Gasteiger partial charge in [-0.3, -0.25) is 0 Å². The molecule has 0 radical (unpaired) electrons. The van der Waals surface area contributed by atoms with Crippen LogP contribution in [0.2, 0.25) is 0 Å². The number of hydrogen-bond donors (Lipinski definition) is 2. The van der Waals surface area contributed by atoms with Crippen LogP contribution < -0.4 is 5.32 Å². The fraction of sp³-hybridized carbons (Fsp3) is 0.727. The molecule has 4 heteroatoms. The zero-order chi connectivity index (χ0) is 10.5. The maximum atomic E-state index is 4.33. The number of nitrogens with one attached hydrogen (secondary N) is 2. The molecule has 1 aliphatic heterocycles. The number of thioether (sulfide) groups is 1. The van der Waals surface area contributed by atoms with Crippen molar-refractivity contribution < 1.29 is 0 Å². The second kappa shape index (κ2) is 5.56. The average Bonchev–Trinajstić information content (AvgIpc) is 2.81. The molecule has 0 aliphatic carbocycles. The molecule has 84 valence electrons. The third-order valence-corrected chi connectivity index (χ3v) is 3.96. The standard InChI is InChI=1S/C11H19N3S/c1-2-10(11-12-5-6-13-11)14-9-3-7-15-8-4-9/h5-6,9-10,14H,2-4,7-8H2,1H3,(H,12,13). The number of imidazole rings is 1. The van der Waals surface area contributed by atoms with Crippen molar-refractivity contribution in [1.82, 2.24) is 15.3 Å². The highest BCUT2D eigenvalue weighted by Crippen LogP contribution is 2.21. The van der Waals surface area contributed by atoms with E-state index < -0.39 is 0 Å². The summed E-state index contributed by atoms with van der Waals surface area (Å²) in [5.41, 5.74) is 0. The lowest BCUT2D eigenvalue weighted by Gasteiger charge is -2.26.